The number of Topliss-reactive ketones (excluding diaryl/α,β-unsaturated/α-hetero) is 1. The summed E-state index contributed by atoms with van der Waals surface area (Å²) in [7, 11) is 1.42. The summed E-state index contributed by atoms with van der Waals surface area (Å²) in [6.07, 6.45) is 1.96. The van der Waals surface area contributed by atoms with Crippen molar-refractivity contribution in [3.63, 3.8) is 0 Å². The van der Waals surface area contributed by atoms with Gasteiger partial charge in [0.25, 0.3) is 0 Å². The lowest BCUT2D eigenvalue weighted by Crippen LogP contribution is -2.00. The fraction of sp³-hybridized carbons (Fsp3) is 0.417. The Morgan fingerprint density at radius 2 is 1.88 bits per heavy atom. The lowest BCUT2D eigenvalue weighted by molar-refractivity contribution is 0.0974. The van der Waals surface area contributed by atoms with Crippen LogP contribution < -0.4 is 4.74 Å². The lowest BCUT2D eigenvalue weighted by atomic mass is 10.0. The molecule has 1 rings (SSSR count). The van der Waals surface area contributed by atoms with Crippen LogP contribution >= 0.6 is 0 Å². The molecular weight excluding hydrogens is 208 g/mol. The molecule has 4 heteroatoms. The van der Waals surface area contributed by atoms with E-state index in [0.717, 1.165) is 12.8 Å². The molecular formula is C12H16O4. The first-order valence-corrected chi connectivity index (χ1v) is 5.23. The number of aromatic hydroxyl groups is 2. The minimum Gasteiger partial charge on any atom is -0.507 e. The minimum absolute atomic E-state index is 0.0192. The Morgan fingerprint density at radius 3 is 2.31 bits per heavy atom. The van der Waals surface area contributed by atoms with Crippen LogP contribution in [0.4, 0.5) is 0 Å². The van der Waals surface area contributed by atoms with Crippen molar-refractivity contribution in [1.82, 2.24) is 0 Å². The molecule has 0 heterocycles. The number of carbonyl (C=O) groups is 1. The third kappa shape index (κ3) is 2.66. The molecule has 0 amide bonds. The topological polar surface area (TPSA) is 66.8 Å². The van der Waals surface area contributed by atoms with Gasteiger partial charge in [0.1, 0.15) is 22.8 Å². The molecule has 0 aliphatic carbocycles. The van der Waals surface area contributed by atoms with Gasteiger partial charge in [0.05, 0.1) is 7.11 Å². The first kappa shape index (κ1) is 12.4. The summed E-state index contributed by atoms with van der Waals surface area (Å²) >= 11 is 0. The molecule has 1 aromatic rings. The molecule has 88 valence electrons. The second kappa shape index (κ2) is 5.39. The fourth-order valence-corrected chi connectivity index (χ4v) is 1.45. The Labute approximate surface area is 94.5 Å². The van der Waals surface area contributed by atoms with E-state index in [-0.39, 0.29) is 22.8 Å². The molecule has 1 aromatic carbocycles. The number of ether oxygens (including phenoxy) is 1. The Balaban J connectivity index is 3.00. The lowest BCUT2D eigenvalue weighted by Gasteiger charge is -2.08. The number of hydrogen-bond acceptors (Lipinski definition) is 4. The van der Waals surface area contributed by atoms with Crippen LogP contribution in [0.1, 0.15) is 36.5 Å². The van der Waals surface area contributed by atoms with E-state index in [9.17, 15) is 15.0 Å². The SMILES string of the molecule is CCCCC(=O)c1c(O)cc(OC)cc1O. The maximum Gasteiger partial charge on any atom is 0.170 e. The molecule has 0 aliphatic heterocycles. The van der Waals surface area contributed by atoms with Crippen LogP contribution in [0.2, 0.25) is 0 Å². The van der Waals surface area contributed by atoms with Crippen molar-refractivity contribution in [2.24, 2.45) is 0 Å². The van der Waals surface area contributed by atoms with E-state index in [1.54, 1.807) is 0 Å². The Hall–Kier alpha value is -1.71. The highest BCUT2D eigenvalue weighted by molar-refractivity contribution is 6.01. The number of phenols is 2. The minimum atomic E-state index is -0.250. The summed E-state index contributed by atoms with van der Waals surface area (Å²) in [6.45, 7) is 1.97. The molecule has 4 nitrogen and oxygen atoms in total. The highest BCUT2D eigenvalue weighted by atomic mass is 16.5. The monoisotopic (exact) mass is 224 g/mol. The molecule has 0 fully saturated rings. The maximum absolute atomic E-state index is 11.7. The molecule has 0 bridgehead atoms. The van der Waals surface area contributed by atoms with Gasteiger partial charge in [-0.3, -0.25) is 4.79 Å². The van der Waals surface area contributed by atoms with E-state index in [2.05, 4.69) is 0 Å². The van der Waals surface area contributed by atoms with Gasteiger partial charge in [-0.25, -0.2) is 0 Å². The molecule has 0 spiro atoms. The molecule has 0 aromatic heterocycles. The third-order valence-electron chi connectivity index (χ3n) is 2.34. The Bertz CT molecular complexity index is 362. The number of ketones is 1. The van der Waals surface area contributed by atoms with Gasteiger partial charge in [-0.2, -0.15) is 0 Å². The van der Waals surface area contributed by atoms with Crippen LogP contribution in [0, 0.1) is 0 Å². The van der Waals surface area contributed by atoms with E-state index >= 15 is 0 Å². The van der Waals surface area contributed by atoms with Gasteiger partial charge in [-0.15, -0.1) is 0 Å². The van der Waals surface area contributed by atoms with Crippen molar-refractivity contribution < 1.29 is 19.7 Å². The van der Waals surface area contributed by atoms with Crippen molar-refractivity contribution >= 4 is 5.78 Å². The molecule has 16 heavy (non-hydrogen) atoms. The third-order valence-corrected chi connectivity index (χ3v) is 2.34. The number of phenolic OH excluding ortho intramolecular Hbond substituents is 2. The number of hydrogen-bond donors (Lipinski definition) is 2. The van der Waals surface area contributed by atoms with Gasteiger partial charge in [-0.05, 0) is 6.42 Å². The second-order valence-corrected chi connectivity index (χ2v) is 3.57. The van der Waals surface area contributed by atoms with E-state index in [1.165, 1.54) is 19.2 Å². The fourth-order valence-electron chi connectivity index (χ4n) is 1.45. The largest absolute Gasteiger partial charge is 0.507 e. The van der Waals surface area contributed by atoms with Crippen LogP contribution in [0.3, 0.4) is 0 Å². The summed E-state index contributed by atoms with van der Waals surface area (Å²) in [5, 5.41) is 19.2. The zero-order chi connectivity index (χ0) is 12.1. The van der Waals surface area contributed by atoms with Crippen molar-refractivity contribution in [1.29, 1.82) is 0 Å². The van der Waals surface area contributed by atoms with Gasteiger partial charge in [0.15, 0.2) is 5.78 Å². The van der Waals surface area contributed by atoms with Crippen LogP contribution in [0.15, 0.2) is 12.1 Å². The molecule has 2 N–H and O–H groups in total. The van der Waals surface area contributed by atoms with Crippen LogP contribution in [0.25, 0.3) is 0 Å². The van der Waals surface area contributed by atoms with Crippen molar-refractivity contribution in [3.05, 3.63) is 17.7 Å². The zero-order valence-electron chi connectivity index (χ0n) is 9.49. The molecule has 0 unspecified atom stereocenters. The van der Waals surface area contributed by atoms with Crippen LogP contribution in [-0.4, -0.2) is 23.1 Å². The quantitative estimate of drug-likeness (QED) is 0.754. The van der Waals surface area contributed by atoms with E-state index in [0.29, 0.717) is 12.2 Å². The first-order chi connectivity index (χ1) is 7.60. The average molecular weight is 224 g/mol. The van der Waals surface area contributed by atoms with Gasteiger partial charge >= 0.3 is 0 Å². The molecule has 0 saturated carbocycles. The van der Waals surface area contributed by atoms with Crippen molar-refractivity contribution in [2.45, 2.75) is 26.2 Å². The standard InChI is InChI=1S/C12H16O4/c1-3-4-5-9(13)12-10(14)6-8(16-2)7-11(12)15/h6-7,14-15H,3-5H2,1-2H3. The predicted octanol–water partition coefficient (Wildman–Crippen LogP) is 2.48. The van der Waals surface area contributed by atoms with Gasteiger partial charge in [0.2, 0.25) is 0 Å². The summed E-state index contributed by atoms with van der Waals surface area (Å²) < 4.78 is 4.86. The van der Waals surface area contributed by atoms with Crippen LogP contribution in [0.5, 0.6) is 17.2 Å². The Kier molecular flexibility index (Phi) is 4.17. The molecule has 0 atom stereocenters. The number of benzene rings is 1. The summed E-state index contributed by atoms with van der Waals surface area (Å²) in [5.74, 6) is -0.405. The number of methoxy groups -OCH3 is 1. The Morgan fingerprint density at radius 1 is 1.31 bits per heavy atom. The smallest absolute Gasteiger partial charge is 0.170 e. The van der Waals surface area contributed by atoms with E-state index in [4.69, 9.17) is 4.74 Å². The van der Waals surface area contributed by atoms with Gasteiger partial charge in [-0.1, -0.05) is 13.3 Å². The number of carbonyl (C=O) groups excluding carboxylic acids is 1. The second-order valence-electron chi connectivity index (χ2n) is 3.57. The first-order valence-electron chi connectivity index (χ1n) is 5.23. The molecule has 0 saturated heterocycles. The summed E-state index contributed by atoms with van der Waals surface area (Å²) in [5.41, 5.74) is -0.0192. The highest BCUT2D eigenvalue weighted by Crippen LogP contribution is 2.33. The van der Waals surface area contributed by atoms with Crippen LogP contribution in [-0.2, 0) is 0 Å². The van der Waals surface area contributed by atoms with Crippen molar-refractivity contribution in [3.8, 4) is 17.2 Å². The molecule has 0 aliphatic rings. The van der Waals surface area contributed by atoms with Gasteiger partial charge < -0.3 is 14.9 Å². The summed E-state index contributed by atoms with van der Waals surface area (Å²) in [4.78, 5) is 11.7. The molecule has 0 radical (unpaired) electrons. The predicted molar refractivity (Wildman–Crippen MR) is 60.2 cm³/mol. The number of rotatable bonds is 5. The van der Waals surface area contributed by atoms with E-state index < -0.39 is 0 Å². The summed E-state index contributed by atoms with van der Waals surface area (Å²) in [6, 6.07) is 2.64. The van der Waals surface area contributed by atoms with Crippen molar-refractivity contribution in [2.75, 3.05) is 7.11 Å². The average Bonchev–Trinajstić information content (AvgIpc) is 2.25. The van der Waals surface area contributed by atoms with Gasteiger partial charge in [0, 0.05) is 18.6 Å². The maximum atomic E-state index is 11.7. The normalized spacial score (nSPS) is 10.1. The zero-order valence-corrected chi connectivity index (χ0v) is 9.49. The number of unbranched alkanes of at least 4 members (excludes halogenated alkanes) is 1. The van der Waals surface area contributed by atoms with E-state index in [1.807, 2.05) is 6.92 Å². The highest BCUT2D eigenvalue weighted by Gasteiger charge is 2.17.